The van der Waals surface area contributed by atoms with E-state index in [1.807, 2.05) is 18.2 Å². The fourth-order valence-corrected chi connectivity index (χ4v) is 3.07. The van der Waals surface area contributed by atoms with E-state index < -0.39 is 0 Å². The number of ether oxygens (including phenoxy) is 1. The molecule has 1 N–H and O–H groups in total. The molecule has 0 amide bonds. The first-order chi connectivity index (χ1) is 11.7. The molecule has 1 aromatic heterocycles. The Morgan fingerprint density at radius 2 is 1.75 bits per heavy atom. The van der Waals surface area contributed by atoms with Crippen LogP contribution in [-0.2, 0) is 13.2 Å². The van der Waals surface area contributed by atoms with E-state index in [0.29, 0.717) is 6.61 Å². The van der Waals surface area contributed by atoms with Gasteiger partial charge in [0.1, 0.15) is 18.2 Å². The molecule has 126 valence electrons. The van der Waals surface area contributed by atoms with Crippen LogP contribution < -0.4 is 4.74 Å². The summed E-state index contributed by atoms with van der Waals surface area (Å²) in [5.41, 5.74) is 4.38. The predicted octanol–water partition coefficient (Wildman–Crippen LogP) is 4.00. The fraction of sp³-hybridized carbons (Fsp3) is 0.350. The maximum atomic E-state index is 9.52. The van der Waals surface area contributed by atoms with Crippen molar-refractivity contribution in [2.24, 2.45) is 0 Å². The van der Waals surface area contributed by atoms with Crippen molar-refractivity contribution in [3.8, 4) is 5.75 Å². The lowest BCUT2D eigenvalue weighted by Gasteiger charge is -2.12. The van der Waals surface area contributed by atoms with E-state index in [1.54, 1.807) is 0 Å². The summed E-state index contributed by atoms with van der Waals surface area (Å²) >= 11 is 0. The van der Waals surface area contributed by atoms with Crippen molar-refractivity contribution in [3.05, 3.63) is 59.4 Å². The average molecular weight is 324 g/mol. The molecule has 0 radical (unpaired) electrons. The van der Waals surface area contributed by atoms with E-state index in [2.05, 4.69) is 47.7 Å². The lowest BCUT2D eigenvalue weighted by molar-refractivity contribution is 0.263. The van der Waals surface area contributed by atoms with Crippen molar-refractivity contribution in [1.82, 2.24) is 9.55 Å². The van der Waals surface area contributed by atoms with Crippen LogP contribution in [0.4, 0.5) is 0 Å². The molecule has 0 aliphatic carbocycles. The van der Waals surface area contributed by atoms with Crippen LogP contribution in [0.5, 0.6) is 5.75 Å². The first-order valence-electron chi connectivity index (χ1n) is 8.44. The predicted molar refractivity (Wildman–Crippen MR) is 96.3 cm³/mol. The highest BCUT2D eigenvalue weighted by Crippen LogP contribution is 2.22. The zero-order chi connectivity index (χ0) is 16.9. The van der Waals surface area contributed by atoms with Gasteiger partial charge in [0, 0.05) is 6.54 Å². The molecule has 0 aliphatic rings. The van der Waals surface area contributed by atoms with Crippen LogP contribution in [0.3, 0.4) is 0 Å². The first-order valence-corrected chi connectivity index (χ1v) is 8.44. The smallest absolute Gasteiger partial charge is 0.135 e. The van der Waals surface area contributed by atoms with Crippen molar-refractivity contribution >= 4 is 11.0 Å². The summed E-state index contributed by atoms with van der Waals surface area (Å²) < 4.78 is 8.06. The summed E-state index contributed by atoms with van der Waals surface area (Å²) in [7, 11) is 0. The Kier molecular flexibility index (Phi) is 5.16. The van der Waals surface area contributed by atoms with Crippen molar-refractivity contribution in [2.75, 3.05) is 6.61 Å². The minimum Gasteiger partial charge on any atom is -0.493 e. The summed E-state index contributed by atoms with van der Waals surface area (Å²) in [6.07, 6.45) is 1.95. The zero-order valence-corrected chi connectivity index (χ0v) is 14.3. The molecular weight excluding hydrogens is 300 g/mol. The van der Waals surface area contributed by atoms with Crippen LogP contribution in [0, 0.1) is 13.8 Å². The maximum absolute atomic E-state index is 9.52. The molecule has 0 saturated heterocycles. The summed E-state index contributed by atoms with van der Waals surface area (Å²) in [4.78, 5) is 4.48. The van der Waals surface area contributed by atoms with Crippen LogP contribution in [0.1, 0.15) is 29.8 Å². The van der Waals surface area contributed by atoms with Crippen molar-refractivity contribution < 1.29 is 9.84 Å². The van der Waals surface area contributed by atoms with Crippen molar-refractivity contribution in [3.63, 3.8) is 0 Å². The number of rotatable bonds is 7. The third-order valence-electron chi connectivity index (χ3n) is 4.31. The number of hydrogen-bond acceptors (Lipinski definition) is 3. The summed E-state index contributed by atoms with van der Waals surface area (Å²) in [5, 5.41) is 9.52. The Hall–Kier alpha value is -2.33. The monoisotopic (exact) mass is 324 g/mol. The molecule has 0 fully saturated rings. The topological polar surface area (TPSA) is 47.3 Å². The number of aryl methyl sites for hydroxylation is 3. The Morgan fingerprint density at radius 3 is 2.50 bits per heavy atom. The minimum absolute atomic E-state index is 0.0341. The molecule has 3 rings (SSSR count). The molecule has 3 aromatic rings. The SMILES string of the molecule is Cc1cccc(C)c1OCCCCn1c(CO)nc2ccccc21. The second kappa shape index (κ2) is 7.49. The van der Waals surface area contributed by atoms with Crippen LogP contribution in [0.25, 0.3) is 11.0 Å². The van der Waals surface area contributed by atoms with Gasteiger partial charge in [0.15, 0.2) is 0 Å². The van der Waals surface area contributed by atoms with Gasteiger partial charge in [-0.3, -0.25) is 0 Å². The lowest BCUT2D eigenvalue weighted by atomic mass is 10.1. The second-order valence-corrected chi connectivity index (χ2v) is 6.10. The number of unbranched alkanes of at least 4 members (excludes halogenated alkanes) is 1. The quantitative estimate of drug-likeness (QED) is 0.668. The molecule has 0 spiro atoms. The largest absolute Gasteiger partial charge is 0.493 e. The average Bonchev–Trinajstić information content (AvgIpc) is 2.95. The number of nitrogens with zero attached hydrogens (tertiary/aromatic N) is 2. The number of hydrogen-bond donors (Lipinski definition) is 1. The summed E-state index contributed by atoms with van der Waals surface area (Å²) in [5.74, 6) is 1.73. The van der Waals surface area contributed by atoms with Gasteiger partial charge in [0.25, 0.3) is 0 Å². The molecule has 0 bridgehead atoms. The van der Waals surface area contributed by atoms with Gasteiger partial charge in [-0.05, 0) is 49.9 Å². The van der Waals surface area contributed by atoms with Gasteiger partial charge >= 0.3 is 0 Å². The van der Waals surface area contributed by atoms with E-state index >= 15 is 0 Å². The molecule has 0 unspecified atom stereocenters. The first kappa shape index (κ1) is 16.5. The summed E-state index contributed by atoms with van der Waals surface area (Å²) in [6.45, 7) is 5.66. The van der Waals surface area contributed by atoms with Gasteiger partial charge in [0.05, 0.1) is 17.6 Å². The van der Waals surface area contributed by atoms with Crippen LogP contribution in [-0.4, -0.2) is 21.3 Å². The Labute approximate surface area is 142 Å². The van der Waals surface area contributed by atoms with Crippen molar-refractivity contribution in [1.29, 1.82) is 0 Å². The normalized spacial score (nSPS) is 11.1. The summed E-state index contributed by atoms with van der Waals surface area (Å²) in [6, 6.07) is 14.2. The molecule has 0 atom stereocenters. The standard InChI is InChI=1S/C20H24N2O2/c1-15-8-7-9-16(2)20(15)24-13-6-5-12-22-18-11-4-3-10-17(18)21-19(22)14-23/h3-4,7-11,23H,5-6,12-14H2,1-2H3. The van der Waals surface area contributed by atoms with E-state index in [1.165, 1.54) is 11.1 Å². The lowest BCUT2D eigenvalue weighted by Crippen LogP contribution is -2.06. The maximum Gasteiger partial charge on any atom is 0.135 e. The van der Waals surface area contributed by atoms with Crippen LogP contribution in [0.15, 0.2) is 42.5 Å². The molecule has 24 heavy (non-hydrogen) atoms. The number of para-hydroxylation sites is 3. The highest BCUT2D eigenvalue weighted by molar-refractivity contribution is 5.75. The van der Waals surface area contributed by atoms with Gasteiger partial charge < -0.3 is 14.4 Å². The van der Waals surface area contributed by atoms with Gasteiger partial charge in [-0.15, -0.1) is 0 Å². The Morgan fingerprint density at radius 1 is 1.00 bits per heavy atom. The number of aliphatic hydroxyl groups is 1. The Balaban J connectivity index is 1.57. The van der Waals surface area contributed by atoms with Crippen LogP contribution >= 0.6 is 0 Å². The van der Waals surface area contributed by atoms with E-state index in [0.717, 1.165) is 42.0 Å². The van der Waals surface area contributed by atoms with Gasteiger partial charge in [0.2, 0.25) is 0 Å². The van der Waals surface area contributed by atoms with Crippen molar-refractivity contribution in [2.45, 2.75) is 39.8 Å². The van der Waals surface area contributed by atoms with Crippen LogP contribution in [0.2, 0.25) is 0 Å². The number of fused-ring (bicyclic) bond motifs is 1. The third kappa shape index (κ3) is 3.44. The van der Waals surface area contributed by atoms with E-state index in [-0.39, 0.29) is 6.61 Å². The molecule has 4 nitrogen and oxygen atoms in total. The molecule has 0 aliphatic heterocycles. The Bertz CT molecular complexity index is 803. The van der Waals surface area contributed by atoms with E-state index in [9.17, 15) is 5.11 Å². The number of benzene rings is 2. The van der Waals surface area contributed by atoms with Gasteiger partial charge in [-0.2, -0.15) is 0 Å². The van der Waals surface area contributed by atoms with Gasteiger partial charge in [-0.25, -0.2) is 4.98 Å². The molecular formula is C20H24N2O2. The number of aliphatic hydroxyl groups excluding tert-OH is 1. The number of aromatic nitrogens is 2. The number of imidazole rings is 1. The molecule has 1 heterocycles. The van der Waals surface area contributed by atoms with E-state index in [4.69, 9.17) is 4.74 Å². The van der Waals surface area contributed by atoms with Gasteiger partial charge in [-0.1, -0.05) is 30.3 Å². The zero-order valence-electron chi connectivity index (χ0n) is 14.3. The molecule has 0 saturated carbocycles. The third-order valence-corrected chi connectivity index (χ3v) is 4.31. The minimum atomic E-state index is -0.0341. The highest BCUT2D eigenvalue weighted by Gasteiger charge is 2.09. The second-order valence-electron chi connectivity index (χ2n) is 6.10. The fourth-order valence-electron chi connectivity index (χ4n) is 3.07. The highest BCUT2D eigenvalue weighted by atomic mass is 16.5. The molecule has 4 heteroatoms. The molecule has 2 aromatic carbocycles.